The Balaban J connectivity index is 2.87. The summed E-state index contributed by atoms with van der Waals surface area (Å²) in [5.74, 6) is -2.83. The summed E-state index contributed by atoms with van der Waals surface area (Å²) in [7, 11) is 0. The SMILES string of the molecule is CCC(C)C(NC(=O)C(CCCCN)NC(=O)C1CCCN1C(=O)C(N)CCCN=C(N)N)C(=O)O. The molecule has 0 aliphatic carbocycles. The van der Waals surface area contributed by atoms with Gasteiger partial charge in [-0.25, -0.2) is 4.79 Å². The van der Waals surface area contributed by atoms with Crippen LogP contribution in [0.15, 0.2) is 4.99 Å². The topological polar surface area (TPSA) is 232 Å². The van der Waals surface area contributed by atoms with E-state index in [-0.39, 0.29) is 17.8 Å². The van der Waals surface area contributed by atoms with Gasteiger partial charge in [0.25, 0.3) is 0 Å². The van der Waals surface area contributed by atoms with E-state index < -0.39 is 42.0 Å². The fourth-order valence-corrected chi connectivity index (χ4v) is 4.13. The second-order valence-corrected chi connectivity index (χ2v) is 9.30. The minimum Gasteiger partial charge on any atom is -0.480 e. The van der Waals surface area contributed by atoms with Crippen LogP contribution in [0.5, 0.6) is 0 Å². The van der Waals surface area contributed by atoms with Gasteiger partial charge in [0, 0.05) is 13.1 Å². The molecule has 3 amide bonds. The molecule has 5 unspecified atom stereocenters. The van der Waals surface area contributed by atoms with Crippen LogP contribution >= 0.6 is 0 Å². The zero-order valence-corrected chi connectivity index (χ0v) is 21.4. The molecule has 206 valence electrons. The predicted molar refractivity (Wildman–Crippen MR) is 136 cm³/mol. The van der Waals surface area contributed by atoms with E-state index in [0.717, 1.165) is 0 Å². The molecule has 0 radical (unpaired) electrons. The van der Waals surface area contributed by atoms with Crippen molar-refractivity contribution in [2.45, 2.75) is 89.4 Å². The lowest BCUT2D eigenvalue weighted by Gasteiger charge is -2.29. The number of rotatable bonds is 16. The van der Waals surface area contributed by atoms with Crippen molar-refractivity contribution in [3.05, 3.63) is 0 Å². The largest absolute Gasteiger partial charge is 0.480 e. The number of aliphatic imine (C=N–C) groups is 1. The molecule has 13 heteroatoms. The zero-order chi connectivity index (χ0) is 27.3. The summed E-state index contributed by atoms with van der Waals surface area (Å²) in [6.07, 6.45) is 4.03. The van der Waals surface area contributed by atoms with E-state index in [4.69, 9.17) is 22.9 Å². The number of aliphatic carboxylic acids is 1. The van der Waals surface area contributed by atoms with Crippen molar-refractivity contribution < 1.29 is 24.3 Å². The standard InChI is InChI=1S/C23H44N8O5/c1-3-14(2)18(22(35)36)30-19(32)16(9-4-5-11-24)29-20(33)17-10-7-13-31(17)21(34)15(25)8-6-12-28-23(26)27/h14-18H,3-13,24-25H2,1-2H3,(H,29,33)(H,30,32)(H,35,36)(H4,26,27,28). The van der Waals surface area contributed by atoms with E-state index in [0.29, 0.717) is 71.0 Å². The Labute approximate surface area is 212 Å². The van der Waals surface area contributed by atoms with E-state index in [2.05, 4.69) is 15.6 Å². The Morgan fingerprint density at radius 1 is 1.11 bits per heavy atom. The molecule has 1 fully saturated rings. The van der Waals surface area contributed by atoms with Gasteiger partial charge >= 0.3 is 5.97 Å². The molecule has 0 aromatic carbocycles. The van der Waals surface area contributed by atoms with E-state index in [1.54, 1.807) is 6.92 Å². The number of guanidine groups is 1. The Morgan fingerprint density at radius 2 is 1.81 bits per heavy atom. The maximum Gasteiger partial charge on any atom is 0.326 e. The van der Waals surface area contributed by atoms with E-state index in [9.17, 15) is 24.3 Å². The Hall–Kier alpha value is -2.93. The van der Waals surface area contributed by atoms with Crippen molar-refractivity contribution in [2.75, 3.05) is 19.6 Å². The highest BCUT2D eigenvalue weighted by molar-refractivity contribution is 5.94. The van der Waals surface area contributed by atoms with Gasteiger partial charge in [0.15, 0.2) is 5.96 Å². The molecule has 13 nitrogen and oxygen atoms in total. The van der Waals surface area contributed by atoms with Gasteiger partial charge in [-0.15, -0.1) is 0 Å². The third kappa shape index (κ3) is 9.97. The normalized spacial score (nSPS) is 18.6. The van der Waals surface area contributed by atoms with Crippen LogP contribution < -0.4 is 33.6 Å². The van der Waals surface area contributed by atoms with Gasteiger partial charge in [-0.2, -0.15) is 0 Å². The predicted octanol–water partition coefficient (Wildman–Crippen LogP) is -1.41. The number of nitrogens with zero attached hydrogens (tertiary/aromatic N) is 2. The Morgan fingerprint density at radius 3 is 2.39 bits per heavy atom. The molecule has 0 spiro atoms. The highest BCUT2D eigenvalue weighted by atomic mass is 16.4. The number of nitrogens with two attached hydrogens (primary N) is 4. The van der Waals surface area contributed by atoms with Crippen LogP contribution in [-0.4, -0.2) is 83.5 Å². The Bertz CT molecular complexity index is 774. The number of nitrogens with one attached hydrogen (secondary N) is 2. The molecule has 5 atom stereocenters. The van der Waals surface area contributed by atoms with Gasteiger partial charge in [0.05, 0.1) is 6.04 Å². The maximum absolute atomic E-state index is 13.2. The number of hydrogen-bond acceptors (Lipinski definition) is 7. The molecule has 0 aromatic heterocycles. The van der Waals surface area contributed by atoms with Gasteiger partial charge in [0.2, 0.25) is 17.7 Å². The van der Waals surface area contributed by atoms with Crippen LogP contribution in [0.3, 0.4) is 0 Å². The molecule has 11 N–H and O–H groups in total. The first-order chi connectivity index (χ1) is 17.0. The molecular formula is C23H44N8O5. The molecule has 1 heterocycles. The second-order valence-electron chi connectivity index (χ2n) is 9.30. The number of carboxylic acids is 1. The minimum absolute atomic E-state index is 0.0324. The molecular weight excluding hydrogens is 468 g/mol. The molecule has 0 bridgehead atoms. The number of likely N-dealkylation sites (tertiary alicyclic amines) is 1. The van der Waals surface area contributed by atoms with Gasteiger partial charge < -0.3 is 43.6 Å². The first kappa shape index (κ1) is 31.1. The van der Waals surface area contributed by atoms with E-state index in [1.165, 1.54) is 4.90 Å². The van der Waals surface area contributed by atoms with Crippen LogP contribution in [-0.2, 0) is 19.2 Å². The second kappa shape index (κ2) is 15.9. The number of carboxylic acid groups (broad SMARTS) is 1. The van der Waals surface area contributed by atoms with Crippen molar-refractivity contribution in [1.29, 1.82) is 0 Å². The number of amides is 3. The summed E-state index contributed by atoms with van der Waals surface area (Å²) in [5.41, 5.74) is 22.2. The zero-order valence-electron chi connectivity index (χ0n) is 21.4. The summed E-state index contributed by atoms with van der Waals surface area (Å²) in [6.45, 7) is 4.74. The molecule has 1 aliphatic heterocycles. The number of carbonyl (C=O) groups is 4. The smallest absolute Gasteiger partial charge is 0.326 e. The third-order valence-electron chi connectivity index (χ3n) is 6.48. The highest BCUT2D eigenvalue weighted by Gasteiger charge is 2.38. The van der Waals surface area contributed by atoms with Gasteiger partial charge in [0.1, 0.15) is 18.1 Å². The van der Waals surface area contributed by atoms with Crippen molar-refractivity contribution in [2.24, 2.45) is 33.8 Å². The van der Waals surface area contributed by atoms with Crippen molar-refractivity contribution in [1.82, 2.24) is 15.5 Å². The summed E-state index contributed by atoms with van der Waals surface area (Å²) in [4.78, 5) is 56.1. The molecule has 1 rings (SSSR count). The minimum atomic E-state index is -1.13. The maximum atomic E-state index is 13.2. The van der Waals surface area contributed by atoms with E-state index >= 15 is 0 Å². The van der Waals surface area contributed by atoms with Crippen molar-refractivity contribution in [3.8, 4) is 0 Å². The lowest BCUT2D eigenvalue weighted by molar-refractivity contribution is -0.144. The lowest BCUT2D eigenvalue weighted by Crippen LogP contribution is -2.57. The van der Waals surface area contributed by atoms with Gasteiger partial charge in [-0.05, 0) is 57.4 Å². The van der Waals surface area contributed by atoms with Crippen molar-refractivity contribution >= 4 is 29.7 Å². The monoisotopic (exact) mass is 512 g/mol. The number of hydrogen-bond donors (Lipinski definition) is 7. The van der Waals surface area contributed by atoms with Crippen LogP contribution in [0.2, 0.25) is 0 Å². The summed E-state index contributed by atoms with van der Waals surface area (Å²) in [6, 6.07) is -3.57. The molecule has 0 aromatic rings. The molecule has 0 saturated carbocycles. The van der Waals surface area contributed by atoms with E-state index in [1.807, 2.05) is 6.92 Å². The summed E-state index contributed by atoms with van der Waals surface area (Å²) in [5, 5.41) is 14.8. The fraction of sp³-hybridized carbons (Fsp3) is 0.783. The van der Waals surface area contributed by atoms with Crippen LogP contribution in [0.1, 0.15) is 65.2 Å². The number of unbranched alkanes of at least 4 members (excludes halogenated alkanes) is 1. The highest BCUT2D eigenvalue weighted by Crippen LogP contribution is 2.20. The molecule has 36 heavy (non-hydrogen) atoms. The molecule has 1 saturated heterocycles. The van der Waals surface area contributed by atoms with Crippen molar-refractivity contribution in [3.63, 3.8) is 0 Å². The Kier molecular flexibility index (Phi) is 13.8. The average Bonchev–Trinajstić information content (AvgIpc) is 3.33. The van der Waals surface area contributed by atoms with Crippen LogP contribution in [0.4, 0.5) is 0 Å². The first-order valence-electron chi connectivity index (χ1n) is 12.7. The van der Waals surface area contributed by atoms with Gasteiger partial charge in [-0.3, -0.25) is 19.4 Å². The fourth-order valence-electron chi connectivity index (χ4n) is 4.13. The van der Waals surface area contributed by atoms with Gasteiger partial charge in [-0.1, -0.05) is 20.3 Å². The number of carbonyl (C=O) groups excluding carboxylic acids is 3. The molecule has 1 aliphatic rings. The average molecular weight is 513 g/mol. The summed E-state index contributed by atoms with van der Waals surface area (Å²) >= 11 is 0. The third-order valence-corrected chi connectivity index (χ3v) is 6.48. The lowest BCUT2D eigenvalue weighted by atomic mass is 9.98. The van der Waals surface area contributed by atoms with Crippen LogP contribution in [0, 0.1) is 5.92 Å². The quantitative estimate of drug-likeness (QED) is 0.0729. The van der Waals surface area contributed by atoms with Crippen LogP contribution in [0.25, 0.3) is 0 Å². The first-order valence-corrected chi connectivity index (χ1v) is 12.7. The summed E-state index contributed by atoms with van der Waals surface area (Å²) < 4.78 is 0.